The molecule has 0 saturated carbocycles. The molecule has 0 aliphatic heterocycles. The van der Waals surface area contributed by atoms with Crippen LogP contribution in [0.5, 0.6) is 0 Å². The molecule has 0 spiro atoms. The fourth-order valence-electron chi connectivity index (χ4n) is 1.54. The Morgan fingerprint density at radius 3 is 2.69 bits per heavy atom. The van der Waals surface area contributed by atoms with Gasteiger partial charge in [0.25, 0.3) is 5.91 Å². The quantitative estimate of drug-likeness (QED) is 0.814. The standard InChI is InChI=1S/C13H19NO2/c1-4-11(8-15)14-13(16)12-7-5-6-9(2)10(12)3/h5-7,11,15H,4,8H2,1-3H3,(H,14,16). The van der Waals surface area contributed by atoms with Gasteiger partial charge in [0.05, 0.1) is 12.6 Å². The SMILES string of the molecule is CCC(CO)NC(=O)c1cccc(C)c1C. The first kappa shape index (κ1) is 12.7. The molecule has 3 nitrogen and oxygen atoms in total. The molecule has 1 amide bonds. The molecule has 88 valence electrons. The van der Waals surface area contributed by atoms with Gasteiger partial charge >= 0.3 is 0 Å². The number of carbonyl (C=O) groups is 1. The van der Waals surface area contributed by atoms with E-state index in [1.54, 1.807) is 0 Å². The highest BCUT2D eigenvalue weighted by Crippen LogP contribution is 2.12. The van der Waals surface area contributed by atoms with Crippen LogP contribution in [0.4, 0.5) is 0 Å². The number of aliphatic hydroxyl groups excluding tert-OH is 1. The van der Waals surface area contributed by atoms with E-state index in [0.29, 0.717) is 5.56 Å². The summed E-state index contributed by atoms with van der Waals surface area (Å²) < 4.78 is 0. The van der Waals surface area contributed by atoms with Crippen LogP contribution >= 0.6 is 0 Å². The van der Waals surface area contributed by atoms with Gasteiger partial charge in [0.1, 0.15) is 0 Å². The number of amides is 1. The largest absolute Gasteiger partial charge is 0.394 e. The van der Waals surface area contributed by atoms with Crippen molar-refractivity contribution < 1.29 is 9.90 Å². The van der Waals surface area contributed by atoms with Gasteiger partial charge < -0.3 is 10.4 Å². The number of nitrogens with one attached hydrogen (secondary N) is 1. The van der Waals surface area contributed by atoms with Gasteiger partial charge in [-0.05, 0) is 37.5 Å². The number of carbonyl (C=O) groups excluding carboxylic acids is 1. The van der Waals surface area contributed by atoms with Gasteiger partial charge in [-0.25, -0.2) is 0 Å². The highest BCUT2D eigenvalue weighted by molar-refractivity contribution is 5.96. The second-order valence-corrected chi connectivity index (χ2v) is 4.01. The lowest BCUT2D eigenvalue weighted by Gasteiger charge is -2.15. The zero-order chi connectivity index (χ0) is 12.1. The van der Waals surface area contributed by atoms with E-state index < -0.39 is 0 Å². The first-order chi connectivity index (χ1) is 7.60. The van der Waals surface area contributed by atoms with Crippen LogP contribution in [-0.4, -0.2) is 23.7 Å². The molecule has 2 N–H and O–H groups in total. The molecule has 0 heterocycles. The molecule has 1 aromatic rings. The maximum absolute atomic E-state index is 11.9. The molecule has 0 fully saturated rings. The van der Waals surface area contributed by atoms with Crippen molar-refractivity contribution in [2.24, 2.45) is 0 Å². The summed E-state index contributed by atoms with van der Waals surface area (Å²) in [5, 5.41) is 11.8. The number of hydrogen-bond donors (Lipinski definition) is 2. The molecule has 0 aliphatic carbocycles. The molecule has 1 aromatic carbocycles. The summed E-state index contributed by atoms with van der Waals surface area (Å²) in [6.45, 7) is 5.83. The predicted octanol–water partition coefficient (Wildman–Crippen LogP) is 1.80. The van der Waals surface area contributed by atoms with Crippen molar-refractivity contribution in [1.82, 2.24) is 5.32 Å². The van der Waals surface area contributed by atoms with E-state index in [2.05, 4.69) is 5.32 Å². The van der Waals surface area contributed by atoms with Crippen LogP contribution < -0.4 is 5.32 Å². The van der Waals surface area contributed by atoms with Crippen molar-refractivity contribution >= 4 is 5.91 Å². The van der Waals surface area contributed by atoms with Gasteiger partial charge in [0.15, 0.2) is 0 Å². The van der Waals surface area contributed by atoms with Crippen LogP contribution in [0.1, 0.15) is 34.8 Å². The Labute approximate surface area is 96.5 Å². The highest BCUT2D eigenvalue weighted by atomic mass is 16.3. The molecule has 0 aliphatic rings. The van der Waals surface area contributed by atoms with E-state index in [9.17, 15) is 4.79 Å². The molecule has 1 atom stereocenters. The molecular weight excluding hydrogens is 202 g/mol. The second-order valence-electron chi connectivity index (χ2n) is 4.01. The molecule has 0 bridgehead atoms. The normalized spacial score (nSPS) is 12.2. The Kier molecular flexibility index (Phi) is 4.50. The molecule has 1 rings (SSSR count). The van der Waals surface area contributed by atoms with Crippen molar-refractivity contribution in [2.75, 3.05) is 6.61 Å². The number of rotatable bonds is 4. The number of hydrogen-bond acceptors (Lipinski definition) is 2. The Hall–Kier alpha value is -1.35. The average Bonchev–Trinajstić information content (AvgIpc) is 2.29. The smallest absolute Gasteiger partial charge is 0.251 e. The van der Waals surface area contributed by atoms with Gasteiger partial charge in [-0.3, -0.25) is 4.79 Å². The Morgan fingerprint density at radius 2 is 2.12 bits per heavy atom. The molecule has 0 saturated heterocycles. The van der Waals surface area contributed by atoms with E-state index in [1.807, 2.05) is 39.0 Å². The van der Waals surface area contributed by atoms with Crippen molar-refractivity contribution in [3.05, 3.63) is 34.9 Å². The van der Waals surface area contributed by atoms with E-state index in [4.69, 9.17) is 5.11 Å². The van der Waals surface area contributed by atoms with Crippen LogP contribution in [0.3, 0.4) is 0 Å². The van der Waals surface area contributed by atoms with E-state index in [0.717, 1.165) is 17.5 Å². The van der Waals surface area contributed by atoms with Crippen LogP contribution in [-0.2, 0) is 0 Å². The average molecular weight is 221 g/mol. The van der Waals surface area contributed by atoms with Crippen molar-refractivity contribution in [3.8, 4) is 0 Å². The first-order valence-corrected chi connectivity index (χ1v) is 5.58. The van der Waals surface area contributed by atoms with Crippen molar-refractivity contribution in [2.45, 2.75) is 33.2 Å². The molecule has 3 heteroatoms. The summed E-state index contributed by atoms with van der Waals surface area (Å²) in [5.41, 5.74) is 2.78. The third-order valence-electron chi connectivity index (χ3n) is 2.90. The van der Waals surface area contributed by atoms with E-state index in [1.165, 1.54) is 0 Å². The van der Waals surface area contributed by atoms with Crippen LogP contribution in [0.15, 0.2) is 18.2 Å². The third-order valence-corrected chi connectivity index (χ3v) is 2.90. The van der Waals surface area contributed by atoms with Gasteiger partial charge in [0.2, 0.25) is 0 Å². The van der Waals surface area contributed by atoms with Crippen LogP contribution in [0, 0.1) is 13.8 Å². The topological polar surface area (TPSA) is 49.3 Å². The lowest BCUT2D eigenvalue weighted by Crippen LogP contribution is -2.37. The van der Waals surface area contributed by atoms with E-state index >= 15 is 0 Å². The molecule has 0 aromatic heterocycles. The number of benzene rings is 1. The predicted molar refractivity (Wildman–Crippen MR) is 64.5 cm³/mol. The van der Waals surface area contributed by atoms with Crippen molar-refractivity contribution in [3.63, 3.8) is 0 Å². The van der Waals surface area contributed by atoms with E-state index in [-0.39, 0.29) is 18.6 Å². The van der Waals surface area contributed by atoms with Crippen molar-refractivity contribution in [1.29, 1.82) is 0 Å². The zero-order valence-electron chi connectivity index (χ0n) is 10.1. The Bertz CT molecular complexity index is 370. The van der Waals surface area contributed by atoms with Crippen LogP contribution in [0.25, 0.3) is 0 Å². The molecular formula is C13H19NO2. The van der Waals surface area contributed by atoms with Gasteiger partial charge in [0, 0.05) is 5.56 Å². The molecule has 0 radical (unpaired) electrons. The summed E-state index contributed by atoms with van der Waals surface area (Å²) >= 11 is 0. The van der Waals surface area contributed by atoms with Gasteiger partial charge in [-0.1, -0.05) is 19.1 Å². The lowest BCUT2D eigenvalue weighted by molar-refractivity contribution is 0.0914. The summed E-state index contributed by atoms with van der Waals surface area (Å²) in [6, 6.07) is 5.50. The first-order valence-electron chi connectivity index (χ1n) is 5.58. The minimum atomic E-state index is -0.160. The highest BCUT2D eigenvalue weighted by Gasteiger charge is 2.13. The minimum Gasteiger partial charge on any atom is -0.394 e. The van der Waals surface area contributed by atoms with Gasteiger partial charge in [-0.15, -0.1) is 0 Å². The zero-order valence-corrected chi connectivity index (χ0v) is 10.1. The third kappa shape index (κ3) is 2.83. The Balaban J connectivity index is 2.84. The number of aryl methyl sites for hydroxylation is 1. The maximum Gasteiger partial charge on any atom is 0.251 e. The Morgan fingerprint density at radius 1 is 1.44 bits per heavy atom. The summed E-state index contributed by atoms with van der Waals surface area (Å²) in [7, 11) is 0. The number of aliphatic hydroxyl groups is 1. The van der Waals surface area contributed by atoms with Crippen LogP contribution in [0.2, 0.25) is 0 Å². The minimum absolute atomic E-state index is 0.0207. The fourth-order valence-corrected chi connectivity index (χ4v) is 1.54. The van der Waals surface area contributed by atoms with Gasteiger partial charge in [-0.2, -0.15) is 0 Å². The summed E-state index contributed by atoms with van der Waals surface area (Å²) in [5.74, 6) is -0.109. The molecule has 16 heavy (non-hydrogen) atoms. The summed E-state index contributed by atoms with van der Waals surface area (Å²) in [4.78, 5) is 11.9. The monoisotopic (exact) mass is 221 g/mol. The lowest BCUT2D eigenvalue weighted by atomic mass is 10.0. The summed E-state index contributed by atoms with van der Waals surface area (Å²) in [6.07, 6.45) is 0.729. The fraction of sp³-hybridized carbons (Fsp3) is 0.462. The second kappa shape index (κ2) is 5.66. The maximum atomic E-state index is 11.9. The molecule has 1 unspecified atom stereocenters.